The molecule has 1 fully saturated rings. The highest BCUT2D eigenvalue weighted by atomic mass is 19.4. The maximum absolute atomic E-state index is 13.1. The zero-order valence-electron chi connectivity index (χ0n) is 14.3. The van der Waals surface area contributed by atoms with Gasteiger partial charge in [0.25, 0.3) is 5.91 Å². The molecule has 7 heteroatoms. The van der Waals surface area contributed by atoms with Crippen molar-refractivity contribution in [2.24, 2.45) is 11.8 Å². The molecule has 4 nitrogen and oxygen atoms in total. The lowest BCUT2D eigenvalue weighted by molar-refractivity contribution is -0.137. The van der Waals surface area contributed by atoms with Gasteiger partial charge in [-0.25, -0.2) is 0 Å². The molecule has 2 rings (SSSR count). The number of rotatable bonds is 8. The maximum atomic E-state index is 13.1. The molecule has 1 atom stereocenters. The molecule has 0 aliphatic heterocycles. The summed E-state index contributed by atoms with van der Waals surface area (Å²) in [5.74, 6) is 0.336. The predicted octanol–water partition coefficient (Wildman–Crippen LogP) is 4.02. The zero-order chi connectivity index (χ0) is 18.6. The highest BCUT2D eigenvalue weighted by Crippen LogP contribution is 2.34. The molecule has 1 aliphatic rings. The number of hydrogen-bond acceptors (Lipinski definition) is 3. The first-order chi connectivity index (χ1) is 11.7. The van der Waals surface area contributed by atoms with Crippen molar-refractivity contribution in [2.75, 3.05) is 6.54 Å². The van der Waals surface area contributed by atoms with Crippen molar-refractivity contribution < 1.29 is 22.7 Å². The first-order valence-corrected chi connectivity index (χ1v) is 8.36. The van der Waals surface area contributed by atoms with Crippen molar-refractivity contribution in [3.63, 3.8) is 0 Å². The quantitative estimate of drug-likeness (QED) is 0.691. The molecule has 1 aliphatic carbocycles. The second-order valence-electron chi connectivity index (χ2n) is 6.82. The lowest BCUT2D eigenvalue weighted by atomic mass is 10.0. The van der Waals surface area contributed by atoms with Crippen LogP contribution in [-0.4, -0.2) is 24.8 Å². The minimum atomic E-state index is -4.59. The van der Waals surface area contributed by atoms with E-state index in [1.165, 1.54) is 12.1 Å². The molecular weight excluding hydrogens is 333 g/mol. The Balaban J connectivity index is 2.16. The Morgan fingerprint density at radius 3 is 2.60 bits per heavy atom. The summed E-state index contributed by atoms with van der Waals surface area (Å²) in [5, 5.41) is 9.92. The molecule has 0 radical (unpaired) electrons. The van der Waals surface area contributed by atoms with Crippen LogP contribution >= 0.6 is 0 Å². The van der Waals surface area contributed by atoms with E-state index in [1.54, 1.807) is 0 Å². The molecule has 1 saturated carbocycles. The van der Waals surface area contributed by atoms with Crippen LogP contribution < -0.4 is 10.1 Å². The molecular formula is C18H23F3N2O2. The number of ether oxygens (including phenoxy) is 1. The van der Waals surface area contributed by atoms with E-state index < -0.39 is 17.8 Å². The van der Waals surface area contributed by atoms with E-state index in [4.69, 9.17) is 10.1 Å². The fourth-order valence-electron chi connectivity index (χ4n) is 2.46. The van der Waals surface area contributed by atoms with Crippen molar-refractivity contribution in [3.8, 4) is 5.75 Å². The SMILES string of the molecule is CC(C)CC(Oc1ccc(C=N)c(C(F)(F)F)c1)C(=O)NCC1CC1. The Morgan fingerprint density at radius 2 is 2.08 bits per heavy atom. The average molecular weight is 356 g/mol. The molecule has 1 unspecified atom stereocenters. The van der Waals surface area contributed by atoms with Gasteiger partial charge < -0.3 is 15.5 Å². The number of carbonyl (C=O) groups is 1. The average Bonchev–Trinajstić information content (AvgIpc) is 3.35. The van der Waals surface area contributed by atoms with Crippen LogP contribution in [0.15, 0.2) is 18.2 Å². The number of hydrogen-bond donors (Lipinski definition) is 2. The first-order valence-electron chi connectivity index (χ1n) is 8.36. The topological polar surface area (TPSA) is 62.2 Å². The van der Waals surface area contributed by atoms with Gasteiger partial charge in [-0.3, -0.25) is 4.79 Å². The van der Waals surface area contributed by atoms with Crippen LogP contribution in [0.5, 0.6) is 5.75 Å². The molecule has 1 aromatic carbocycles. The van der Waals surface area contributed by atoms with Gasteiger partial charge in [0.15, 0.2) is 6.10 Å². The van der Waals surface area contributed by atoms with E-state index in [2.05, 4.69) is 5.32 Å². The third-order valence-electron chi connectivity index (χ3n) is 4.00. The first kappa shape index (κ1) is 19.3. The standard InChI is InChI=1S/C18H23F3N2O2/c1-11(2)7-16(17(24)23-10-12-3-4-12)25-14-6-5-13(9-22)15(8-14)18(19,20)21/h5-6,8-9,11-12,16,22H,3-4,7,10H2,1-2H3,(H,23,24). The van der Waals surface area contributed by atoms with Crippen LogP contribution in [0.3, 0.4) is 0 Å². The van der Waals surface area contributed by atoms with Gasteiger partial charge in [0.05, 0.1) is 5.56 Å². The molecule has 0 heterocycles. The van der Waals surface area contributed by atoms with Gasteiger partial charge in [0.2, 0.25) is 0 Å². The van der Waals surface area contributed by atoms with Crippen LogP contribution in [0.25, 0.3) is 0 Å². The van der Waals surface area contributed by atoms with Gasteiger partial charge >= 0.3 is 6.18 Å². The largest absolute Gasteiger partial charge is 0.481 e. The molecule has 138 valence electrons. The number of alkyl halides is 3. The van der Waals surface area contributed by atoms with E-state index in [1.807, 2.05) is 13.8 Å². The Labute approximate surface area is 145 Å². The second kappa shape index (κ2) is 7.89. The molecule has 1 aromatic rings. The van der Waals surface area contributed by atoms with E-state index >= 15 is 0 Å². The Hall–Kier alpha value is -2.05. The molecule has 0 aromatic heterocycles. The minimum absolute atomic E-state index is 0.0230. The number of halogens is 3. The predicted molar refractivity (Wildman–Crippen MR) is 88.9 cm³/mol. The molecule has 1 amide bonds. The summed E-state index contributed by atoms with van der Waals surface area (Å²) in [6.45, 7) is 4.42. The molecule has 25 heavy (non-hydrogen) atoms. The van der Waals surface area contributed by atoms with Crippen LogP contribution in [0, 0.1) is 17.2 Å². The van der Waals surface area contributed by atoms with Crippen LogP contribution in [0.4, 0.5) is 13.2 Å². The lowest BCUT2D eigenvalue weighted by Gasteiger charge is -2.21. The molecule has 0 saturated heterocycles. The number of carbonyl (C=O) groups excluding carboxylic acids is 1. The van der Waals surface area contributed by atoms with Gasteiger partial charge in [-0.15, -0.1) is 0 Å². The van der Waals surface area contributed by atoms with E-state index in [0.29, 0.717) is 25.1 Å². The zero-order valence-corrected chi connectivity index (χ0v) is 14.3. The Bertz CT molecular complexity index is 625. The van der Waals surface area contributed by atoms with E-state index in [0.717, 1.165) is 18.9 Å². The molecule has 0 bridgehead atoms. The summed E-state index contributed by atoms with van der Waals surface area (Å²) in [6.07, 6.45) is -2.18. The smallest absolute Gasteiger partial charge is 0.417 e. The van der Waals surface area contributed by atoms with E-state index in [9.17, 15) is 18.0 Å². The summed E-state index contributed by atoms with van der Waals surface area (Å²) in [5.41, 5.74) is -1.18. The van der Waals surface area contributed by atoms with Crippen LogP contribution in [0.1, 0.15) is 44.2 Å². The Morgan fingerprint density at radius 1 is 1.40 bits per heavy atom. The Kier molecular flexibility index (Phi) is 6.08. The molecule has 2 N–H and O–H groups in total. The monoisotopic (exact) mass is 356 g/mol. The molecule has 0 spiro atoms. The fraction of sp³-hybridized carbons (Fsp3) is 0.556. The summed E-state index contributed by atoms with van der Waals surface area (Å²) in [4.78, 5) is 12.3. The van der Waals surface area contributed by atoms with Gasteiger partial charge in [-0.05, 0) is 49.3 Å². The van der Waals surface area contributed by atoms with Crippen LogP contribution in [0.2, 0.25) is 0 Å². The fourth-order valence-corrected chi connectivity index (χ4v) is 2.46. The third kappa shape index (κ3) is 5.76. The summed E-state index contributed by atoms with van der Waals surface area (Å²) < 4.78 is 44.9. The van der Waals surface area contributed by atoms with Gasteiger partial charge in [0, 0.05) is 18.3 Å². The number of amides is 1. The maximum Gasteiger partial charge on any atom is 0.417 e. The number of nitrogens with one attached hydrogen (secondary N) is 2. The van der Waals surface area contributed by atoms with Gasteiger partial charge in [-0.1, -0.05) is 13.8 Å². The summed E-state index contributed by atoms with van der Waals surface area (Å²) in [7, 11) is 0. The highest BCUT2D eigenvalue weighted by Gasteiger charge is 2.34. The third-order valence-corrected chi connectivity index (χ3v) is 4.00. The lowest BCUT2D eigenvalue weighted by Crippen LogP contribution is -2.40. The minimum Gasteiger partial charge on any atom is -0.481 e. The van der Waals surface area contributed by atoms with Crippen LogP contribution in [-0.2, 0) is 11.0 Å². The highest BCUT2D eigenvalue weighted by molar-refractivity contribution is 5.82. The normalized spacial score (nSPS) is 15.8. The van der Waals surface area contributed by atoms with Gasteiger partial charge in [0.1, 0.15) is 5.75 Å². The van der Waals surface area contributed by atoms with E-state index in [-0.39, 0.29) is 23.1 Å². The van der Waals surface area contributed by atoms with Crippen molar-refractivity contribution >= 4 is 12.1 Å². The second-order valence-corrected chi connectivity index (χ2v) is 6.82. The van der Waals surface area contributed by atoms with Gasteiger partial charge in [-0.2, -0.15) is 13.2 Å². The summed E-state index contributed by atoms with van der Waals surface area (Å²) in [6, 6.07) is 3.39. The van der Waals surface area contributed by atoms with Crippen molar-refractivity contribution in [2.45, 2.75) is 45.4 Å². The number of benzene rings is 1. The van der Waals surface area contributed by atoms with Crippen molar-refractivity contribution in [3.05, 3.63) is 29.3 Å². The summed E-state index contributed by atoms with van der Waals surface area (Å²) >= 11 is 0. The van der Waals surface area contributed by atoms with Crippen molar-refractivity contribution in [1.82, 2.24) is 5.32 Å². The van der Waals surface area contributed by atoms with Crippen molar-refractivity contribution in [1.29, 1.82) is 5.41 Å².